The number of amides is 1. The molecule has 0 fully saturated rings. The highest BCUT2D eigenvalue weighted by atomic mass is 32.2. The maximum atomic E-state index is 13.6. The van der Waals surface area contributed by atoms with E-state index < -0.39 is 15.9 Å². The van der Waals surface area contributed by atoms with Crippen LogP contribution >= 0.6 is 0 Å². The van der Waals surface area contributed by atoms with E-state index in [-0.39, 0.29) is 17.5 Å². The number of hydrogen-bond donors (Lipinski definition) is 1. The highest BCUT2D eigenvalue weighted by Crippen LogP contribution is 2.35. The highest BCUT2D eigenvalue weighted by molar-refractivity contribution is 7.92. The van der Waals surface area contributed by atoms with Gasteiger partial charge >= 0.3 is 0 Å². The Morgan fingerprint density at radius 3 is 2.34 bits per heavy atom. The van der Waals surface area contributed by atoms with Gasteiger partial charge < -0.3 is 14.8 Å². The van der Waals surface area contributed by atoms with Gasteiger partial charge in [-0.05, 0) is 61.2 Å². The SMILES string of the molecule is CCC(NC(=O)CN(c1ccc2c(c1)OCCO2)S(=O)(=O)c1ccccc1)c1ccc(C)c(C)c1. The molecule has 0 bridgehead atoms. The van der Waals surface area contributed by atoms with E-state index in [9.17, 15) is 13.2 Å². The first-order chi connectivity index (χ1) is 16.8. The van der Waals surface area contributed by atoms with Crippen molar-refractivity contribution in [2.24, 2.45) is 0 Å². The van der Waals surface area contributed by atoms with E-state index in [4.69, 9.17) is 9.47 Å². The van der Waals surface area contributed by atoms with E-state index in [1.165, 1.54) is 17.7 Å². The molecule has 184 valence electrons. The summed E-state index contributed by atoms with van der Waals surface area (Å²) in [5, 5.41) is 3.01. The van der Waals surface area contributed by atoms with Crippen LogP contribution in [0.25, 0.3) is 0 Å². The van der Waals surface area contributed by atoms with Crippen molar-refractivity contribution in [2.45, 2.75) is 38.1 Å². The minimum atomic E-state index is -4.02. The molecule has 0 radical (unpaired) electrons. The lowest BCUT2D eigenvalue weighted by Gasteiger charge is -2.27. The molecule has 0 aliphatic carbocycles. The first-order valence-electron chi connectivity index (χ1n) is 11.6. The smallest absolute Gasteiger partial charge is 0.264 e. The first-order valence-corrected chi connectivity index (χ1v) is 13.1. The second-order valence-electron chi connectivity index (χ2n) is 8.52. The van der Waals surface area contributed by atoms with Crippen molar-refractivity contribution in [1.82, 2.24) is 5.32 Å². The highest BCUT2D eigenvalue weighted by Gasteiger charge is 2.29. The molecule has 1 N–H and O–H groups in total. The Hall–Kier alpha value is -3.52. The van der Waals surface area contributed by atoms with Gasteiger partial charge in [0.1, 0.15) is 19.8 Å². The number of benzene rings is 3. The second-order valence-corrected chi connectivity index (χ2v) is 10.4. The number of nitrogens with one attached hydrogen (secondary N) is 1. The molecule has 7 nitrogen and oxygen atoms in total. The minimum absolute atomic E-state index is 0.101. The number of nitrogens with zero attached hydrogens (tertiary/aromatic N) is 1. The molecule has 0 spiro atoms. The molecule has 1 aliphatic rings. The van der Waals surface area contributed by atoms with Crippen LogP contribution in [0.5, 0.6) is 11.5 Å². The molecule has 1 atom stereocenters. The quantitative estimate of drug-likeness (QED) is 0.497. The summed E-state index contributed by atoms with van der Waals surface area (Å²) < 4.78 is 39.6. The topological polar surface area (TPSA) is 84.9 Å². The standard InChI is InChI=1S/C27H30N2O5S/c1-4-24(21-11-10-19(2)20(3)16-21)28-27(30)18-29(35(31,32)23-8-6-5-7-9-23)22-12-13-25-26(17-22)34-15-14-33-25/h5-13,16-17,24H,4,14-15,18H2,1-3H3,(H,28,30). The van der Waals surface area contributed by atoms with Crippen molar-refractivity contribution >= 4 is 21.6 Å². The number of rotatable bonds is 8. The zero-order valence-corrected chi connectivity index (χ0v) is 21.0. The Morgan fingerprint density at radius 2 is 1.66 bits per heavy atom. The van der Waals surface area contributed by atoms with Gasteiger partial charge in [-0.2, -0.15) is 0 Å². The number of carbonyl (C=O) groups is 1. The predicted molar refractivity (Wildman–Crippen MR) is 135 cm³/mol. The van der Waals surface area contributed by atoms with Gasteiger partial charge in [-0.25, -0.2) is 8.42 Å². The Balaban J connectivity index is 1.64. The normalized spacial score (nSPS) is 13.7. The minimum Gasteiger partial charge on any atom is -0.486 e. The van der Waals surface area contributed by atoms with Crippen molar-refractivity contribution in [3.8, 4) is 11.5 Å². The lowest BCUT2D eigenvalue weighted by atomic mass is 9.99. The molecule has 0 saturated heterocycles. The van der Waals surface area contributed by atoms with Crippen LogP contribution in [0.15, 0.2) is 71.6 Å². The Bertz CT molecular complexity index is 1310. The maximum Gasteiger partial charge on any atom is 0.264 e. The zero-order chi connectivity index (χ0) is 25.0. The first kappa shape index (κ1) is 24.6. The number of ether oxygens (including phenoxy) is 2. The van der Waals surface area contributed by atoms with Gasteiger partial charge in [0.15, 0.2) is 11.5 Å². The van der Waals surface area contributed by atoms with Gasteiger partial charge in [-0.1, -0.05) is 43.3 Å². The van der Waals surface area contributed by atoms with Crippen LogP contribution < -0.4 is 19.1 Å². The summed E-state index contributed by atoms with van der Waals surface area (Å²) in [6.07, 6.45) is 0.670. The van der Waals surface area contributed by atoms with Crippen LogP contribution in [0.2, 0.25) is 0 Å². The monoisotopic (exact) mass is 494 g/mol. The van der Waals surface area contributed by atoms with Crippen molar-refractivity contribution in [1.29, 1.82) is 0 Å². The molecule has 1 amide bonds. The summed E-state index contributed by atoms with van der Waals surface area (Å²) in [4.78, 5) is 13.3. The molecule has 8 heteroatoms. The van der Waals surface area contributed by atoms with Crippen molar-refractivity contribution in [2.75, 3.05) is 24.1 Å². The largest absolute Gasteiger partial charge is 0.486 e. The molecule has 4 rings (SSSR count). The summed E-state index contributed by atoms with van der Waals surface area (Å²) in [5.74, 6) is 0.593. The average Bonchev–Trinajstić information content (AvgIpc) is 2.87. The van der Waals surface area contributed by atoms with Crippen LogP contribution in [-0.2, 0) is 14.8 Å². The number of hydrogen-bond acceptors (Lipinski definition) is 5. The predicted octanol–water partition coefficient (Wildman–Crippen LogP) is 4.54. The number of anilines is 1. The van der Waals surface area contributed by atoms with Gasteiger partial charge in [-0.3, -0.25) is 9.10 Å². The number of aryl methyl sites for hydroxylation is 2. The lowest BCUT2D eigenvalue weighted by molar-refractivity contribution is -0.120. The summed E-state index contributed by atoms with van der Waals surface area (Å²) in [7, 11) is -4.02. The third-order valence-electron chi connectivity index (χ3n) is 6.11. The van der Waals surface area contributed by atoms with Crippen LogP contribution in [0.3, 0.4) is 0 Å². The number of sulfonamides is 1. The third kappa shape index (κ3) is 5.43. The molecule has 0 saturated carbocycles. The molecule has 1 aliphatic heterocycles. The molecule has 1 heterocycles. The van der Waals surface area contributed by atoms with Crippen molar-refractivity contribution in [3.63, 3.8) is 0 Å². The zero-order valence-electron chi connectivity index (χ0n) is 20.2. The van der Waals surface area contributed by atoms with E-state index in [2.05, 4.69) is 11.4 Å². The van der Waals surface area contributed by atoms with Gasteiger partial charge in [0.05, 0.1) is 16.6 Å². The van der Waals surface area contributed by atoms with Crippen LogP contribution in [0, 0.1) is 13.8 Å². The van der Waals surface area contributed by atoms with E-state index in [1.807, 2.05) is 32.9 Å². The molecule has 3 aromatic rings. The fourth-order valence-electron chi connectivity index (χ4n) is 3.99. The van der Waals surface area contributed by atoms with E-state index in [0.29, 0.717) is 36.8 Å². The maximum absolute atomic E-state index is 13.6. The van der Waals surface area contributed by atoms with Crippen molar-refractivity contribution < 1.29 is 22.7 Å². The van der Waals surface area contributed by atoms with Crippen LogP contribution in [0.4, 0.5) is 5.69 Å². The Kier molecular flexibility index (Phi) is 7.31. The van der Waals surface area contributed by atoms with E-state index in [0.717, 1.165) is 15.4 Å². The summed E-state index contributed by atoms with van der Waals surface area (Å²) in [6.45, 7) is 6.48. The number of carbonyl (C=O) groups excluding carboxylic acids is 1. The molecule has 1 unspecified atom stereocenters. The molecular weight excluding hydrogens is 464 g/mol. The Morgan fingerprint density at radius 1 is 0.943 bits per heavy atom. The second kappa shape index (κ2) is 10.4. The summed E-state index contributed by atoms with van der Waals surface area (Å²) in [5.41, 5.74) is 3.63. The third-order valence-corrected chi connectivity index (χ3v) is 7.90. The Labute approximate surface area is 206 Å². The summed E-state index contributed by atoms with van der Waals surface area (Å²) in [6, 6.07) is 18.8. The van der Waals surface area contributed by atoms with E-state index >= 15 is 0 Å². The number of fused-ring (bicyclic) bond motifs is 1. The van der Waals surface area contributed by atoms with Crippen molar-refractivity contribution in [3.05, 3.63) is 83.4 Å². The molecule has 3 aromatic carbocycles. The fourth-order valence-corrected chi connectivity index (χ4v) is 5.43. The lowest BCUT2D eigenvalue weighted by Crippen LogP contribution is -2.42. The molecule has 35 heavy (non-hydrogen) atoms. The molecular formula is C27H30N2O5S. The van der Waals surface area contributed by atoms with Gasteiger partial charge in [0, 0.05) is 6.07 Å². The van der Waals surface area contributed by atoms with Gasteiger partial charge in [0.25, 0.3) is 10.0 Å². The van der Waals surface area contributed by atoms with Crippen LogP contribution in [0.1, 0.15) is 36.1 Å². The molecule has 0 aromatic heterocycles. The van der Waals surface area contributed by atoms with Crippen LogP contribution in [-0.4, -0.2) is 34.1 Å². The fraction of sp³-hybridized carbons (Fsp3) is 0.296. The van der Waals surface area contributed by atoms with E-state index in [1.54, 1.807) is 36.4 Å². The summed E-state index contributed by atoms with van der Waals surface area (Å²) >= 11 is 0. The average molecular weight is 495 g/mol. The van der Waals surface area contributed by atoms with Gasteiger partial charge in [-0.15, -0.1) is 0 Å². The van der Waals surface area contributed by atoms with Gasteiger partial charge in [0.2, 0.25) is 5.91 Å².